The first-order valence-electron chi connectivity index (χ1n) is 8.68. The third kappa shape index (κ3) is 4.25. The zero-order valence-corrected chi connectivity index (χ0v) is 16.8. The summed E-state index contributed by atoms with van der Waals surface area (Å²) in [6.45, 7) is 2.86. The monoisotopic (exact) mass is 415 g/mol. The van der Waals surface area contributed by atoms with Crippen molar-refractivity contribution in [2.45, 2.75) is 20.3 Å². The molecule has 0 spiro atoms. The molecule has 0 aliphatic rings. The average Bonchev–Trinajstić information content (AvgIpc) is 2.97. The molecule has 8 heteroatoms. The lowest BCUT2D eigenvalue weighted by Crippen LogP contribution is -2.15. The Labute approximate surface area is 171 Å². The third-order valence-electron chi connectivity index (χ3n) is 4.41. The van der Waals surface area contributed by atoms with Crippen LogP contribution in [0.3, 0.4) is 0 Å². The Morgan fingerprint density at radius 2 is 1.72 bits per heavy atom. The number of halogens is 1. The van der Waals surface area contributed by atoms with Crippen LogP contribution < -0.4 is 4.74 Å². The van der Waals surface area contributed by atoms with Gasteiger partial charge in [0.1, 0.15) is 5.75 Å². The highest BCUT2D eigenvalue weighted by Crippen LogP contribution is 2.31. The predicted octanol–water partition coefficient (Wildman–Crippen LogP) is 3.86. The number of aromatic nitrogens is 1. The Morgan fingerprint density at radius 1 is 1.03 bits per heavy atom. The second-order valence-corrected chi connectivity index (χ2v) is 6.74. The first-order chi connectivity index (χ1) is 13.8. The second kappa shape index (κ2) is 8.36. The van der Waals surface area contributed by atoms with Gasteiger partial charge in [-0.25, -0.2) is 19.4 Å². The van der Waals surface area contributed by atoms with Crippen LogP contribution in [0.5, 0.6) is 5.75 Å². The number of hydrogen-bond donors (Lipinski definition) is 0. The van der Waals surface area contributed by atoms with E-state index >= 15 is 0 Å². The van der Waals surface area contributed by atoms with Gasteiger partial charge in [-0.3, -0.25) is 9.36 Å². The molecule has 0 saturated carbocycles. The highest BCUT2D eigenvalue weighted by Gasteiger charge is 2.23. The quantitative estimate of drug-likeness (QED) is 0.475. The van der Waals surface area contributed by atoms with E-state index in [1.165, 1.54) is 11.7 Å². The summed E-state index contributed by atoms with van der Waals surface area (Å²) in [5, 5.41) is 1.18. The van der Waals surface area contributed by atoms with Crippen molar-refractivity contribution < 1.29 is 28.9 Å². The van der Waals surface area contributed by atoms with Crippen LogP contribution in [0.4, 0.5) is 0 Å². The van der Waals surface area contributed by atoms with Gasteiger partial charge in [-0.05, 0) is 55.0 Å². The first kappa shape index (κ1) is 20.4. The summed E-state index contributed by atoms with van der Waals surface area (Å²) in [5.41, 5.74) is 2.18. The molecule has 1 aromatic heterocycles. The van der Waals surface area contributed by atoms with Gasteiger partial charge in [-0.1, -0.05) is 11.6 Å². The topological polar surface area (TPSA) is 83.8 Å². The van der Waals surface area contributed by atoms with Crippen molar-refractivity contribution in [1.82, 2.24) is 4.57 Å². The molecule has 0 atom stereocenters. The van der Waals surface area contributed by atoms with Gasteiger partial charge in [0.15, 0.2) is 0 Å². The number of methoxy groups -OCH3 is 1. The molecule has 0 radical (unpaired) electrons. The van der Waals surface area contributed by atoms with Crippen molar-refractivity contribution in [2.24, 2.45) is 0 Å². The molecule has 2 aromatic carbocycles. The Hall–Kier alpha value is -3.32. The number of ether oxygens (including phenoxy) is 1. The number of rotatable bonds is 4. The fourth-order valence-electron chi connectivity index (χ4n) is 3.07. The van der Waals surface area contributed by atoms with E-state index in [0.29, 0.717) is 38.5 Å². The fourth-order valence-corrected chi connectivity index (χ4v) is 3.20. The third-order valence-corrected chi connectivity index (χ3v) is 4.66. The van der Waals surface area contributed by atoms with E-state index in [-0.39, 0.29) is 12.3 Å². The number of carbonyl (C=O) groups excluding carboxylic acids is 3. The molecule has 3 rings (SSSR count). The molecule has 29 heavy (non-hydrogen) atoms. The summed E-state index contributed by atoms with van der Waals surface area (Å²) in [7, 11) is 1.53. The van der Waals surface area contributed by atoms with Crippen LogP contribution in [0.1, 0.15) is 28.5 Å². The molecule has 0 bridgehead atoms. The molecule has 7 nitrogen and oxygen atoms in total. The predicted molar refractivity (Wildman–Crippen MR) is 106 cm³/mol. The zero-order chi connectivity index (χ0) is 21.1. The maximum absolute atomic E-state index is 13.2. The van der Waals surface area contributed by atoms with E-state index in [1.54, 1.807) is 49.4 Å². The summed E-state index contributed by atoms with van der Waals surface area (Å²) in [6, 6.07) is 11.8. The molecule has 0 saturated heterocycles. The molecule has 0 N–H and O–H groups in total. The van der Waals surface area contributed by atoms with Gasteiger partial charge in [-0.2, -0.15) is 0 Å². The molecule has 150 valence electrons. The molecular weight excluding hydrogens is 398 g/mol. The van der Waals surface area contributed by atoms with Gasteiger partial charge in [0.25, 0.3) is 5.91 Å². The summed E-state index contributed by atoms with van der Waals surface area (Å²) in [4.78, 5) is 45.0. The zero-order valence-electron chi connectivity index (χ0n) is 16.0. The minimum atomic E-state index is -0.760. The van der Waals surface area contributed by atoms with Crippen molar-refractivity contribution in [3.63, 3.8) is 0 Å². The maximum Gasteiger partial charge on any atom is 0.360 e. The number of benzene rings is 2. The van der Waals surface area contributed by atoms with Gasteiger partial charge in [-0.15, -0.1) is 0 Å². The van der Waals surface area contributed by atoms with Crippen LogP contribution >= 0.6 is 11.6 Å². The lowest BCUT2D eigenvalue weighted by Gasteiger charge is -2.08. The number of hydrogen-bond acceptors (Lipinski definition) is 6. The summed E-state index contributed by atoms with van der Waals surface area (Å²) >= 11 is 5.92. The lowest BCUT2D eigenvalue weighted by atomic mass is 10.1. The van der Waals surface area contributed by atoms with E-state index in [4.69, 9.17) is 16.3 Å². The van der Waals surface area contributed by atoms with Crippen molar-refractivity contribution in [3.05, 3.63) is 64.3 Å². The number of fused-ring (bicyclic) bond motifs is 1. The van der Waals surface area contributed by atoms with Crippen molar-refractivity contribution in [3.8, 4) is 5.75 Å². The van der Waals surface area contributed by atoms with Crippen LogP contribution in [-0.4, -0.2) is 29.5 Å². The van der Waals surface area contributed by atoms with Crippen LogP contribution in [0.2, 0.25) is 5.02 Å². The van der Waals surface area contributed by atoms with Crippen LogP contribution in [-0.2, 0) is 25.8 Å². The molecule has 1 heterocycles. The SMILES string of the molecule is COc1ccc2c(c1)c(CC(=O)OOC(C)=O)c(C)n2C(=O)c1ccc(Cl)cc1. The van der Waals surface area contributed by atoms with E-state index < -0.39 is 11.9 Å². The van der Waals surface area contributed by atoms with Crippen LogP contribution in [0.25, 0.3) is 10.9 Å². The standard InChI is InChI=1S/C21H18ClNO6/c1-12-17(11-20(25)29-28-13(2)24)18-10-16(27-3)8-9-19(18)23(12)21(26)14-4-6-15(22)7-5-14/h4-10H,11H2,1-3H3. The van der Waals surface area contributed by atoms with Crippen molar-refractivity contribution in [2.75, 3.05) is 7.11 Å². The maximum atomic E-state index is 13.2. The highest BCUT2D eigenvalue weighted by molar-refractivity contribution is 6.30. The molecule has 0 unspecified atom stereocenters. The minimum Gasteiger partial charge on any atom is -0.497 e. The average molecular weight is 416 g/mol. The smallest absolute Gasteiger partial charge is 0.360 e. The Balaban J connectivity index is 2.09. The molecule has 3 aromatic rings. The fraction of sp³-hybridized carbons (Fsp3) is 0.190. The molecular formula is C21H18ClNO6. The van der Waals surface area contributed by atoms with E-state index in [1.807, 2.05) is 0 Å². The number of nitrogens with zero attached hydrogens (tertiary/aromatic N) is 1. The van der Waals surface area contributed by atoms with Gasteiger partial charge in [0.2, 0.25) is 0 Å². The van der Waals surface area contributed by atoms with E-state index in [0.717, 1.165) is 6.92 Å². The van der Waals surface area contributed by atoms with Gasteiger partial charge in [0, 0.05) is 28.6 Å². The Bertz CT molecular complexity index is 1100. The van der Waals surface area contributed by atoms with E-state index in [9.17, 15) is 14.4 Å². The molecule has 0 fully saturated rings. The largest absolute Gasteiger partial charge is 0.497 e. The molecule has 0 aliphatic heterocycles. The first-order valence-corrected chi connectivity index (χ1v) is 9.05. The van der Waals surface area contributed by atoms with Gasteiger partial charge < -0.3 is 4.74 Å². The Kier molecular flexibility index (Phi) is 5.89. The van der Waals surface area contributed by atoms with Crippen LogP contribution in [0, 0.1) is 6.92 Å². The summed E-state index contributed by atoms with van der Waals surface area (Å²) in [6.07, 6.45) is -0.191. The number of carbonyl (C=O) groups is 3. The van der Waals surface area contributed by atoms with Crippen molar-refractivity contribution in [1.29, 1.82) is 0 Å². The van der Waals surface area contributed by atoms with E-state index in [2.05, 4.69) is 9.78 Å². The minimum absolute atomic E-state index is 0.191. The summed E-state index contributed by atoms with van der Waals surface area (Å²) < 4.78 is 6.79. The van der Waals surface area contributed by atoms with Gasteiger partial charge in [0.05, 0.1) is 19.0 Å². The lowest BCUT2D eigenvalue weighted by molar-refractivity contribution is -0.256. The second-order valence-electron chi connectivity index (χ2n) is 6.30. The van der Waals surface area contributed by atoms with Crippen LogP contribution in [0.15, 0.2) is 42.5 Å². The summed E-state index contributed by atoms with van der Waals surface area (Å²) in [5.74, 6) is -1.20. The Morgan fingerprint density at radius 3 is 2.34 bits per heavy atom. The highest BCUT2D eigenvalue weighted by atomic mass is 35.5. The van der Waals surface area contributed by atoms with Crippen molar-refractivity contribution >= 4 is 40.3 Å². The molecule has 0 amide bonds. The normalized spacial score (nSPS) is 10.6. The molecule has 0 aliphatic carbocycles. The van der Waals surface area contributed by atoms with Gasteiger partial charge >= 0.3 is 11.9 Å².